The zero-order valence-electron chi connectivity index (χ0n) is 28.6. The van der Waals surface area contributed by atoms with E-state index in [1.807, 2.05) is 46.1 Å². The molecule has 2 fully saturated rings. The van der Waals surface area contributed by atoms with Gasteiger partial charge in [0.2, 0.25) is 0 Å². The van der Waals surface area contributed by atoms with E-state index in [-0.39, 0.29) is 28.1 Å². The van der Waals surface area contributed by atoms with Gasteiger partial charge in [0, 0.05) is 60.2 Å². The molecule has 2 saturated heterocycles. The number of nitriles is 1. The number of fused-ring (bicyclic) bond motifs is 1. The summed E-state index contributed by atoms with van der Waals surface area (Å²) < 4.78 is 15.9. The maximum atomic E-state index is 14.0. The predicted octanol–water partition coefficient (Wildman–Crippen LogP) is 8.37. The fraction of sp³-hybridized carbons (Fsp3) is 0.342. The van der Waals surface area contributed by atoms with Gasteiger partial charge in [-0.05, 0) is 88.1 Å². The van der Waals surface area contributed by atoms with Gasteiger partial charge in [-0.15, -0.1) is 5.10 Å². The van der Waals surface area contributed by atoms with Crippen molar-refractivity contribution in [1.29, 1.82) is 5.26 Å². The molecule has 51 heavy (non-hydrogen) atoms. The summed E-state index contributed by atoms with van der Waals surface area (Å²) in [6, 6.07) is 17.4. The summed E-state index contributed by atoms with van der Waals surface area (Å²) in [5.74, 6) is -0.553. The van der Waals surface area contributed by atoms with Crippen molar-refractivity contribution < 1.29 is 9.18 Å². The van der Waals surface area contributed by atoms with Crippen molar-refractivity contribution in [3.63, 3.8) is 0 Å². The van der Waals surface area contributed by atoms with Crippen molar-refractivity contribution in [3.8, 4) is 6.07 Å². The number of halogens is 3. The maximum Gasteiger partial charge on any atom is 0.253 e. The Hall–Kier alpha value is -4.76. The van der Waals surface area contributed by atoms with Crippen LogP contribution in [-0.4, -0.2) is 67.4 Å². The van der Waals surface area contributed by atoms with Gasteiger partial charge in [-0.3, -0.25) is 14.7 Å². The van der Waals surface area contributed by atoms with E-state index >= 15 is 0 Å². The molecule has 0 saturated carbocycles. The van der Waals surface area contributed by atoms with E-state index in [0.29, 0.717) is 44.2 Å². The number of amides is 1. The highest BCUT2D eigenvalue weighted by molar-refractivity contribution is 6.36. The topological polar surface area (TPSA) is 115 Å². The molecule has 7 rings (SSSR count). The van der Waals surface area contributed by atoms with Crippen LogP contribution in [0.1, 0.15) is 79.3 Å². The monoisotopic (exact) mass is 725 g/mol. The first-order valence-electron chi connectivity index (χ1n) is 17.1. The summed E-state index contributed by atoms with van der Waals surface area (Å²) in [7, 11) is 0. The third kappa shape index (κ3) is 7.22. The van der Waals surface area contributed by atoms with Crippen molar-refractivity contribution >= 4 is 57.1 Å². The van der Waals surface area contributed by atoms with E-state index in [2.05, 4.69) is 57.7 Å². The summed E-state index contributed by atoms with van der Waals surface area (Å²) >= 11 is 12.9. The van der Waals surface area contributed by atoms with Crippen LogP contribution in [0.3, 0.4) is 0 Å². The predicted molar refractivity (Wildman–Crippen MR) is 198 cm³/mol. The van der Waals surface area contributed by atoms with Crippen LogP contribution in [0.25, 0.3) is 10.9 Å². The van der Waals surface area contributed by atoms with Crippen LogP contribution in [0, 0.1) is 17.1 Å². The number of likely N-dealkylation sites (tertiary alicyclic amines) is 2. The minimum Gasteiger partial charge on any atom is -0.373 e. The number of rotatable bonds is 8. The SMILES string of the molecule is CC(C)(C)N1CCC(n2cc(C(Nc3cc(Cl)c4ncc(C#N)c(Nc5ccc(F)c(Cl)c5)c4c3)c3cccc(C(=O)N4CCC4)c3)nn2)CC1. The highest BCUT2D eigenvalue weighted by Crippen LogP contribution is 2.38. The Morgan fingerprint density at radius 2 is 1.78 bits per heavy atom. The minimum atomic E-state index is -0.550. The average molecular weight is 727 g/mol. The molecule has 2 N–H and O–H groups in total. The van der Waals surface area contributed by atoms with Gasteiger partial charge in [-0.2, -0.15) is 5.26 Å². The summed E-state index contributed by atoms with van der Waals surface area (Å²) in [4.78, 5) is 22.1. The molecule has 0 spiro atoms. The van der Waals surface area contributed by atoms with Crippen LogP contribution < -0.4 is 10.6 Å². The Labute approximate surface area is 306 Å². The number of carbonyl (C=O) groups excluding carboxylic acids is 1. The normalized spacial score (nSPS) is 16.1. The van der Waals surface area contributed by atoms with Crippen molar-refractivity contribution in [2.75, 3.05) is 36.8 Å². The lowest BCUT2D eigenvalue weighted by Gasteiger charge is -2.40. The second-order valence-electron chi connectivity index (χ2n) is 14.1. The standard InChI is InChI=1S/C38H38Cl2FN9O/c1-38(2,3)49-14-10-28(11-15-49)50-22-33(46-47-50)35(23-6-4-7-24(16-23)37(51)48-12-5-13-48)45-27-17-29-34(44-26-8-9-32(41)30(39)18-26)25(20-42)21-43-36(29)31(40)19-27/h4,6-9,16-19,21-22,28,35,45H,5,10-15H2,1-3H3,(H,43,44). The van der Waals surface area contributed by atoms with Crippen LogP contribution in [0.5, 0.6) is 0 Å². The number of benzene rings is 3. The molecule has 2 aliphatic rings. The average Bonchev–Trinajstić information content (AvgIpc) is 3.58. The van der Waals surface area contributed by atoms with Crippen LogP contribution in [-0.2, 0) is 0 Å². The first-order chi connectivity index (χ1) is 24.5. The highest BCUT2D eigenvalue weighted by atomic mass is 35.5. The maximum absolute atomic E-state index is 14.0. The first-order valence-corrected chi connectivity index (χ1v) is 17.8. The van der Waals surface area contributed by atoms with Crippen LogP contribution in [0.4, 0.5) is 21.5 Å². The number of aromatic nitrogens is 4. The lowest BCUT2D eigenvalue weighted by atomic mass is 9.98. The van der Waals surface area contributed by atoms with Crippen molar-refractivity contribution in [2.24, 2.45) is 0 Å². The lowest BCUT2D eigenvalue weighted by molar-refractivity contribution is 0.0651. The van der Waals surface area contributed by atoms with Gasteiger partial charge in [0.05, 0.1) is 45.1 Å². The van der Waals surface area contributed by atoms with Crippen molar-refractivity contribution in [2.45, 2.75) is 57.7 Å². The number of anilines is 3. The summed E-state index contributed by atoms with van der Waals surface area (Å²) in [6.07, 6.45) is 6.36. The van der Waals surface area contributed by atoms with Crippen LogP contribution in [0.15, 0.2) is 67.0 Å². The summed E-state index contributed by atoms with van der Waals surface area (Å²) in [6.45, 7) is 10.2. The molecule has 1 amide bonds. The Balaban J connectivity index is 1.27. The summed E-state index contributed by atoms with van der Waals surface area (Å²) in [5, 5.41) is 27.0. The fourth-order valence-corrected chi connectivity index (χ4v) is 7.18. The van der Waals surface area contributed by atoms with Gasteiger partial charge < -0.3 is 15.5 Å². The molecule has 0 bridgehead atoms. The molecule has 13 heteroatoms. The second kappa shape index (κ2) is 14.1. The third-order valence-corrected chi connectivity index (χ3v) is 10.3. The molecule has 262 valence electrons. The Bertz CT molecular complexity index is 2150. The lowest BCUT2D eigenvalue weighted by Crippen LogP contribution is -2.46. The molecule has 5 aromatic rings. The van der Waals surface area contributed by atoms with Crippen molar-refractivity contribution in [1.82, 2.24) is 29.8 Å². The van der Waals surface area contributed by atoms with E-state index in [1.54, 1.807) is 12.1 Å². The largest absolute Gasteiger partial charge is 0.373 e. The third-order valence-electron chi connectivity index (χ3n) is 9.77. The quantitative estimate of drug-likeness (QED) is 0.164. The van der Waals surface area contributed by atoms with Gasteiger partial charge in [-0.25, -0.2) is 9.07 Å². The minimum absolute atomic E-state index is 0.00316. The molecular formula is C38H38Cl2FN9O. The summed E-state index contributed by atoms with van der Waals surface area (Å²) in [5.41, 5.74) is 4.53. The van der Waals surface area contributed by atoms with Crippen LogP contribution >= 0.6 is 23.2 Å². The molecule has 0 aliphatic carbocycles. The van der Waals surface area contributed by atoms with Gasteiger partial charge >= 0.3 is 0 Å². The number of hydrogen-bond donors (Lipinski definition) is 2. The number of nitrogens with one attached hydrogen (secondary N) is 2. The number of pyridine rings is 1. The zero-order chi connectivity index (χ0) is 35.9. The molecular weight excluding hydrogens is 688 g/mol. The molecule has 0 radical (unpaired) electrons. The number of nitrogens with zero attached hydrogens (tertiary/aromatic N) is 7. The van der Waals surface area contributed by atoms with E-state index in [1.165, 1.54) is 18.3 Å². The molecule has 1 unspecified atom stereocenters. The van der Waals surface area contributed by atoms with E-state index in [9.17, 15) is 14.4 Å². The molecule has 3 aromatic carbocycles. The molecule has 1 atom stereocenters. The van der Waals surface area contributed by atoms with E-state index < -0.39 is 11.9 Å². The molecule has 4 heterocycles. The first kappa shape index (κ1) is 34.7. The molecule has 2 aromatic heterocycles. The van der Waals surface area contributed by atoms with E-state index in [4.69, 9.17) is 23.2 Å². The Morgan fingerprint density at radius 3 is 2.47 bits per heavy atom. The number of carbonyl (C=O) groups is 1. The Kier molecular flexibility index (Phi) is 9.59. The second-order valence-corrected chi connectivity index (χ2v) is 14.9. The highest BCUT2D eigenvalue weighted by Gasteiger charge is 2.30. The molecule has 10 nitrogen and oxygen atoms in total. The smallest absolute Gasteiger partial charge is 0.253 e. The number of piperidine rings is 1. The zero-order valence-corrected chi connectivity index (χ0v) is 30.1. The molecule has 2 aliphatic heterocycles. The Morgan fingerprint density at radius 1 is 1.02 bits per heavy atom. The van der Waals surface area contributed by atoms with Crippen molar-refractivity contribution in [3.05, 3.63) is 105 Å². The van der Waals surface area contributed by atoms with Gasteiger partial charge in [0.15, 0.2) is 0 Å². The van der Waals surface area contributed by atoms with Gasteiger partial charge in [0.25, 0.3) is 5.91 Å². The van der Waals surface area contributed by atoms with Crippen LogP contribution in [0.2, 0.25) is 10.0 Å². The van der Waals surface area contributed by atoms with Gasteiger partial charge in [-0.1, -0.05) is 40.5 Å². The fourth-order valence-electron chi connectivity index (χ4n) is 6.73. The number of hydrogen-bond acceptors (Lipinski definition) is 8. The van der Waals surface area contributed by atoms with E-state index in [0.717, 1.165) is 51.0 Å². The van der Waals surface area contributed by atoms with Gasteiger partial charge in [0.1, 0.15) is 17.6 Å².